The summed E-state index contributed by atoms with van der Waals surface area (Å²) in [5, 5.41) is 7.17. The van der Waals surface area contributed by atoms with Crippen LogP contribution in [-0.2, 0) is 0 Å². The Kier molecular flexibility index (Phi) is 4.04. The molecule has 9 nitrogen and oxygen atoms in total. The lowest BCUT2D eigenvalue weighted by Crippen LogP contribution is -2.10. The largest absolute Gasteiger partial charge is 0.460 e. The van der Waals surface area contributed by atoms with Crippen LogP contribution in [0, 0.1) is 6.92 Å². The van der Waals surface area contributed by atoms with Crippen LogP contribution in [0.1, 0.15) is 34.0 Å². The third kappa shape index (κ3) is 2.99. The van der Waals surface area contributed by atoms with Crippen LogP contribution in [0.25, 0.3) is 21.7 Å². The van der Waals surface area contributed by atoms with Crippen molar-refractivity contribution in [1.29, 1.82) is 0 Å². The molecule has 0 aliphatic carbocycles. The minimum absolute atomic E-state index is 0.137. The average Bonchev–Trinajstić information content (AvgIpc) is 3.34. The van der Waals surface area contributed by atoms with Crippen LogP contribution in [0.2, 0.25) is 0 Å². The van der Waals surface area contributed by atoms with Crippen molar-refractivity contribution in [3.8, 4) is 17.5 Å². The highest BCUT2D eigenvalue weighted by atomic mass is 32.1. The molecule has 0 saturated carbocycles. The minimum atomic E-state index is -0.619. The number of amides is 1. The van der Waals surface area contributed by atoms with Gasteiger partial charge in [0.15, 0.2) is 5.76 Å². The molecule has 0 bridgehead atoms. The number of nitrogens with two attached hydrogens (primary N) is 2. The number of aromatic nitrogens is 4. The molecule has 138 valence electrons. The van der Waals surface area contributed by atoms with Gasteiger partial charge in [0, 0.05) is 11.8 Å². The molecule has 0 saturated heterocycles. The first-order valence-corrected chi connectivity index (χ1v) is 8.87. The summed E-state index contributed by atoms with van der Waals surface area (Å²) in [6.07, 6.45) is 3.06. The molecule has 0 spiro atoms. The topological polar surface area (TPSA) is 146 Å². The molecule has 0 aliphatic rings. The van der Waals surface area contributed by atoms with E-state index in [4.69, 9.17) is 20.6 Å². The zero-order chi connectivity index (χ0) is 19.1. The Morgan fingerprint density at radius 3 is 2.81 bits per heavy atom. The van der Waals surface area contributed by atoms with Gasteiger partial charge in [-0.1, -0.05) is 0 Å². The Morgan fingerprint density at radius 2 is 2.19 bits per heavy atom. The van der Waals surface area contributed by atoms with Gasteiger partial charge in [-0.2, -0.15) is 15.1 Å². The Morgan fingerprint density at radius 1 is 1.37 bits per heavy atom. The second-order valence-electron chi connectivity index (χ2n) is 5.95. The van der Waals surface area contributed by atoms with Gasteiger partial charge in [0.05, 0.1) is 17.3 Å². The highest BCUT2D eigenvalue weighted by molar-refractivity contribution is 7.21. The van der Waals surface area contributed by atoms with Crippen molar-refractivity contribution < 1.29 is 13.9 Å². The second kappa shape index (κ2) is 6.40. The number of nitrogens with zero attached hydrogens (tertiary/aromatic N) is 3. The first kappa shape index (κ1) is 17.0. The molecule has 5 N–H and O–H groups in total. The van der Waals surface area contributed by atoms with E-state index in [-0.39, 0.29) is 22.7 Å². The van der Waals surface area contributed by atoms with Gasteiger partial charge in [0.1, 0.15) is 27.3 Å². The van der Waals surface area contributed by atoms with Gasteiger partial charge >= 0.3 is 6.01 Å². The molecule has 4 heterocycles. The van der Waals surface area contributed by atoms with Crippen molar-refractivity contribution in [3.05, 3.63) is 40.7 Å². The zero-order valence-corrected chi connectivity index (χ0v) is 15.3. The van der Waals surface area contributed by atoms with Crippen molar-refractivity contribution in [2.45, 2.75) is 20.0 Å². The molecule has 1 unspecified atom stereocenters. The van der Waals surface area contributed by atoms with Gasteiger partial charge in [-0.15, -0.1) is 11.3 Å². The fourth-order valence-corrected chi connectivity index (χ4v) is 3.63. The fourth-order valence-electron chi connectivity index (χ4n) is 2.69. The van der Waals surface area contributed by atoms with E-state index in [1.54, 1.807) is 18.5 Å². The number of thiophene rings is 1. The van der Waals surface area contributed by atoms with Crippen LogP contribution in [0.5, 0.6) is 6.01 Å². The maximum atomic E-state index is 11.7. The number of primary amides is 1. The molecule has 0 fully saturated rings. The average molecular weight is 384 g/mol. The summed E-state index contributed by atoms with van der Waals surface area (Å²) in [5.74, 6) is 0.600. The van der Waals surface area contributed by atoms with E-state index in [2.05, 4.69) is 20.2 Å². The number of nitrogens with one attached hydrogen (secondary N) is 1. The van der Waals surface area contributed by atoms with E-state index in [9.17, 15) is 4.79 Å². The van der Waals surface area contributed by atoms with E-state index in [0.717, 1.165) is 22.7 Å². The number of hydrogen-bond donors (Lipinski definition) is 3. The van der Waals surface area contributed by atoms with Crippen molar-refractivity contribution in [2.24, 2.45) is 5.73 Å². The van der Waals surface area contributed by atoms with Gasteiger partial charge in [0.2, 0.25) is 0 Å². The number of carbonyl (C=O) groups is 1. The maximum Gasteiger partial charge on any atom is 0.319 e. The molecule has 4 aromatic rings. The Balaban J connectivity index is 1.87. The Labute approximate surface area is 157 Å². The number of nitrogen functional groups attached to an aromatic ring is 1. The third-order valence-electron chi connectivity index (χ3n) is 4.04. The third-order valence-corrected chi connectivity index (χ3v) is 5.15. The number of ether oxygens (including phenoxy) is 1. The Hall–Kier alpha value is -3.40. The smallest absolute Gasteiger partial charge is 0.319 e. The molecule has 1 amide bonds. The molecule has 4 aromatic heterocycles. The fraction of sp³-hybridized carbons (Fsp3) is 0.176. The van der Waals surface area contributed by atoms with Crippen molar-refractivity contribution in [3.63, 3.8) is 0 Å². The number of H-pyrrole nitrogens is 1. The number of aromatic amines is 1. The number of fused-ring (bicyclic) bond motifs is 1. The number of rotatable bonds is 5. The van der Waals surface area contributed by atoms with E-state index in [1.165, 1.54) is 0 Å². The molecule has 27 heavy (non-hydrogen) atoms. The molecule has 0 aromatic carbocycles. The summed E-state index contributed by atoms with van der Waals surface area (Å²) in [6.45, 7) is 3.68. The van der Waals surface area contributed by atoms with Crippen molar-refractivity contribution in [1.82, 2.24) is 20.2 Å². The number of anilines is 1. The summed E-state index contributed by atoms with van der Waals surface area (Å²) in [4.78, 5) is 21.3. The van der Waals surface area contributed by atoms with Gasteiger partial charge < -0.3 is 20.6 Å². The highest BCUT2D eigenvalue weighted by Crippen LogP contribution is 2.40. The summed E-state index contributed by atoms with van der Waals surface area (Å²) in [6, 6.07) is 3.73. The molecule has 4 rings (SSSR count). The van der Waals surface area contributed by atoms with Crippen LogP contribution in [-0.4, -0.2) is 26.1 Å². The van der Waals surface area contributed by atoms with Gasteiger partial charge in [-0.3, -0.25) is 9.89 Å². The monoisotopic (exact) mass is 384 g/mol. The molecule has 1 atom stereocenters. The van der Waals surface area contributed by atoms with Gasteiger partial charge in [0.25, 0.3) is 5.91 Å². The van der Waals surface area contributed by atoms with Crippen LogP contribution in [0.4, 0.5) is 5.69 Å². The first-order valence-electron chi connectivity index (χ1n) is 8.06. The van der Waals surface area contributed by atoms with Gasteiger partial charge in [-0.05, 0) is 26.0 Å². The predicted octanol–water partition coefficient (Wildman–Crippen LogP) is 2.80. The molecule has 0 aliphatic heterocycles. The normalized spacial score (nSPS) is 12.4. The van der Waals surface area contributed by atoms with Crippen LogP contribution in [0.3, 0.4) is 0 Å². The van der Waals surface area contributed by atoms with Crippen molar-refractivity contribution in [2.75, 3.05) is 5.73 Å². The maximum absolute atomic E-state index is 11.7. The van der Waals surface area contributed by atoms with Crippen LogP contribution in [0.15, 0.2) is 28.9 Å². The SMILES string of the molecule is Cc1ccc(-c2nc(OC(C)c3cn[nH]c3)nc3sc(C(N)=O)c(N)c23)o1. The molecular weight excluding hydrogens is 368 g/mol. The quantitative estimate of drug-likeness (QED) is 0.479. The van der Waals surface area contributed by atoms with Crippen LogP contribution >= 0.6 is 11.3 Å². The van der Waals surface area contributed by atoms with Gasteiger partial charge in [-0.25, -0.2) is 0 Å². The highest BCUT2D eigenvalue weighted by Gasteiger charge is 2.23. The summed E-state index contributed by atoms with van der Waals surface area (Å²) in [5.41, 5.74) is 13.1. The molecular formula is C17H16N6O3S. The lowest BCUT2D eigenvalue weighted by Gasteiger charge is -2.12. The van der Waals surface area contributed by atoms with Crippen molar-refractivity contribution >= 4 is 33.1 Å². The minimum Gasteiger partial charge on any atom is -0.460 e. The lowest BCUT2D eigenvalue weighted by molar-refractivity contribution is 0.100. The predicted molar refractivity (Wildman–Crippen MR) is 100 cm³/mol. The zero-order valence-electron chi connectivity index (χ0n) is 14.5. The van der Waals surface area contributed by atoms with E-state index in [0.29, 0.717) is 21.7 Å². The summed E-state index contributed by atoms with van der Waals surface area (Å²) < 4.78 is 11.6. The van der Waals surface area contributed by atoms with Crippen LogP contribution < -0.4 is 16.2 Å². The number of carbonyl (C=O) groups excluding carboxylic acids is 1. The Bertz CT molecular complexity index is 1130. The molecule has 0 radical (unpaired) electrons. The number of aryl methyl sites for hydroxylation is 1. The molecule has 10 heteroatoms. The summed E-state index contributed by atoms with van der Waals surface area (Å²) >= 11 is 1.10. The van der Waals surface area contributed by atoms with E-state index in [1.807, 2.05) is 19.9 Å². The number of furan rings is 1. The standard InChI is InChI=1S/C17H16N6O3S/c1-7-3-4-10(25-7)13-11-12(18)14(15(19)24)27-16(11)23-17(22-13)26-8(2)9-5-20-21-6-9/h3-6,8H,18H2,1-2H3,(H2,19,24)(H,20,21). The second-order valence-corrected chi connectivity index (χ2v) is 6.95. The number of hydrogen-bond acceptors (Lipinski definition) is 8. The summed E-state index contributed by atoms with van der Waals surface area (Å²) in [7, 11) is 0. The van der Waals surface area contributed by atoms with E-state index < -0.39 is 5.91 Å². The first-order chi connectivity index (χ1) is 12.9. The lowest BCUT2D eigenvalue weighted by atomic mass is 10.2. The van der Waals surface area contributed by atoms with E-state index >= 15 is 0 Å².